The van der Waals surface area contributed by atoms with E-state index in [4.69, 9.17) is 0 Å². The third-order valence-electron chi connectivity index (χ3n) is 3.15. The first-order chi connectivity index (χ1) is 9.29. The number of halogens is 4. The topological polar surface area (TPSA) is 58.2 Å². The van der Waals surface area contributed by atoms with Crippen molar-refractivity contribution < 1.29 is 21.6 Å². The van der Waals surface area contributed by atoms with Gasteiger partial charge in [-0.05, 0) is 50.2 Å². The smallest absolute Gasteiger partial charge is 0.317 e. The van der Waals surface area contributed by atoms with Crippen molar-refractivity contribution in [1.82, 2.24) is 10.0 Å². The predicted octanol–water partition coefficient (Wildman–Crippen LogP) is 2.16. The minimum atomic E-state index is -4.47. The minimum absolute atomic E-state index is 0. The quantitative estimate of drug-likeness (QED) is 0.883. The van der Waals surface area contributed by atoms with Gasteiger partial charge in [0.1, 0.15) is 0 Å². The van der Waals surface area contributed by atoms with E-state index in [2.05, 4.69) is 10.0 Å². The van der Waals surface area contributed by atoms with Gasteiger partial charge in [-0.25, -0.2) is 13.1 Å². The molecule has 2 rings (SSSR count). The lowest BCUT2D eigenvalue weighted by atomic mass is 10.1. The molecule has 9 heteroatoms. The van der Waals surface area contributed by atoms with Crippen molar-refractivity contribution in [2.45, 2.75) is 30.0 Å². The van der Waals surface area contributed by atoms with Crippen LogP contribution in [0.4, 0.5) is 13.2 Å². The first kappa shape index (κ1) is 18.2. The van der Waals surface area contributed by atoms with Crippen LogP contribution in [-0.2, 0) is 16.2 Å². The molecule has 0 bridgehead atoms. The van der Waals surface area contributed by atoms with Crippen molar-refractivity contribution in [2.75, 3.05) is 13.1 Å². The zero-order chi connectivity index (χ0) is 14.8. The molecule has 0 radical (unpaired) electrons. The molecule has 0 saturated carbocycles. The Morgan fingerprint density at radius 1 is 1.10 bits per heavy atom. The van der Waals surface area contributed by atoms with Crippen molar-refractivity contribution in [1.29, 1.82) is 0 Å². The Bertz CT molecular complexity index is 555. The van der Waals surface area contributed by atoms with Crippen molar-refractivity contribution in [3.63, 3.8) is 0 Å². The lowest BCUT2D eigenvalue weighted by Gasteiger charge is -2.23. The van der Waals surface area contributed by atoms with Gasteiger partial charge in [0, 0.05) is 6.04 Å². The number of sulfonamides is 1. The molecule has 21 heavy (non-hydrogen) atoms. The average molecular weight is 345 g/mol. The molecule has 1 aromatic carbocycles. The van der Waals surface area contributed by atoms with Gasteiger partial charge in [0.15, 0.2) is 0 Å². The second-order valence-corrected chi connectivity index (χ2v) is 6.38. The summed E-state index contributed by atoms with van der Waals surface area (Å²) in [7, 11) is -3.77. The molecule has 1 aromatic rings. The molecular formula is C12H16ClF3N2O2S. The van der Waals surface area contributed by atoms with Crippen LogP contribution in [0, 0.1) is 0 Å². The van der Waals surface area contributed by atoms with Gasteiger partial charge >= 0.3 is 6.18 Å². The first-order valence-corrected chi connectivity index (χ1v) is 7.68. The third-order valence-corrected chi connectivity index (χ3v) is 4.69. The highest BCUT2D eigenvalue weighted by molar-refractivity contribution is 7.89. The monoisotopic (exact) mass is 344 g/mol. The average Bonchev–Trinajstić information content (AvgIpc) is 2.38. The summed E-state index contributed by atoms with van der Waals surface area (Å²) in [6, 6.07) is 3.33. The number of benzene rings is 1. The van der Waals surface area contributed by atoms with Crippen LogP contribution in [0.15, 0.2) is 29.2 Å². The van der Waals surface area contributed by atoms with Crippen molar-refractivity contribution >= 4 is 22.4 Å². The fraction of sp³-hybridized carbons (Fsp3) is 0.500. The molecule has 2 N–H and O–H groups in total. The summed E-state index contributed by atoms with van der Waals surface area (Å²) in [5.41, 5.74) is -0.863. The minimum Gasteiger partial charge on any atom is -0.317 e. The Balaban J connectivity index is 0.00000220. The molecule has 0 amide bonds. The number of rotatable bonds is 3. The summed E-state index contributed by atoms with van der Waals surface area (Å²) >= 11 is 0. The summed E-state index contributed by atoms with van der Waals surface area (Å²) in [6.07, 6.45) is -3.13. The van der Waals surface area contributed by atoms with Gasteiger partial charge in [0.2, 0.25) is 10.0 Å². The first-order valence-electron chi connectivity index (χ1n) is 6.19. The highest BCUT2D eigenvalue weighted by Gasteiger charge is 2.31. The zero-order valence-electron chi connectivity index (χ0n) is 11.0. The molecule has 1 aliphatic rings. The predicted molar refractivity (Wildman–Crippen MR) is 74.9 cm³/mol. The Kier molecular flexibility index (Phi) is 6.03. The van der Waals surface area contributed by atoms with Gasteiger partial charge < -0.3 is 5.32 Å². The van der Waals surface area contributed by atoms with Crippen LogP contribution >= 0.6 is 12.4 Å². The van der Waals surface area contributed by atoms with E-state index in [0.717, 1.165) is 37.4 Å². The molecular weight excluding hydrogens is 329 g/mol. The van der Waals surface area contributed by atoms with Gasteiger partial charge in [0.05, 0.1) is 10.5 Å². The molecule has 0 spiro atoms. The highest BCUT2D eigenvalue weighted by Crippen LogP contribution is 2.29. The molecule has 1 heterocycles. The van der Waals surface area contributed by atoms with Crippen LogP contribution < -0.4 is 10.0 Å². The summed E-state index contributed by atoms with van der Waals surface area (Å²) in [5, 5.41) is 3.10. The van der Waals surface area contributed by atoms with E-state index in [1.165, 1.54) is 0 Å². The second-order valence-electron chi connectivity index (χ2n) is 4.67. The van der Waals surface area contributed by atoms with Gasteiger partial charge in [0.25, 0.3) is 0 Å². The SMILES string of the molecule is Cl.O=S(=O)(NC1CCNCC1)c1ccc(C(F)(F)F)cc1. The molecule has 0 aliphatic carbocycles. The van der Waals surface area contributed by atoms with E-state index >= 15 is 0 Å². The van der Waals surface area contributed by atoms with Gasteiger partial charge in [-0.3, -0.25) is 0 Å². The largest absolute Gasteiger partial charge is 0.416 e. The Morgan fingerprint density at radius 3 is 2.10 bits per heavy atom. The maximum atomic E-state index is 12.4. The summed E-state index contributed by atoms with van der Waals surface area (Å²) in [6.45, 7) is 1.44. The summed E-state index contributed by atoms with van der Waals surface area (Å²) < 4.78 is 63.9. The molecule has 0 aromatic heterocycles. The normalized spacial score (nSPS) is 17.3. The number of alkyl halides is 3. The highest BCUT2D eigenvalue weighted by atomic mass is 35.5. The molecule has 1 fully saturated rings. The number of piperidine rings is 1. The van der Waals surface area contributed by atoms with Crippen LogP contribution in [0.3, 0.4) is 0 Å². The maximum absolute atomic E-state index is 12.4. The van der Waals surface area contributed by atoms with E-state index in [-0.39, 0.29) is 23.3 Å². The molecule has 1 aliphatic heterocycles. The standard InChI is InChI=1S/C12H15F3N2O2S.ClH/c13-12(14,15)9-1-3-11(4-2-9)20(18,19)17-10-5-7-16-8-6-10;/h1-4,10,16-17H,5-8H2;1H. The molecule has 0 atom stereocenters. The van der Waals surface area contributed by atoms with Crippen molar-refractivity contribution in [3.8, 4) is 0 Å². The van der Waals surface area contributed by atoms with Crippen LogP contribution in [-0.4, -0.2) is 27.5 Å². The van der Waals surface area contributed by atoms with Crippen molar-refractivity contribution in [2.24, 2.45) is 0 Å². The van der Waals surface area contributed by atoms with E-state index in [1.807, 2.05) is 0 Å². The summed E-state index contributed by atoms with van der Waals surface area (Å²) in [5.74, 6) is 0. The summed E-state index contributed by atoms with van der Waals surface area (Å²) in [4.78, 5) is -0.149. The fourth-order valence-corrected chi connectivity index (χ4v) is 3.36. The number of hydrogen-bond acceptors (Lipinski definition) is 3. The van der Waals surface area contributed by atoms with Gasteiger partial charge in [-0.15, -0.1) is 12.4 Å². The number of nitrogens with one attached hydrogen (secondary N) is 2. The molecule has 1 saturated heterocycles. The zero-order valence-corrected chi connectivity index (χ0v) is 12.6. The lowest BCUT2D eigenvalue weighted by Crippen LogP contribution is -2.42. The Morgan fingerprint density at radius 2 is 1.62 bits per heavy atom. The van der Waals surface area contributed by atoms with E-state index in [0.29, 0.717) is 12.8 Å². The van der Waals surface area contributed by atoms with E-state index < -0.39 is 21.8 Å². The fourth-order valence-electron chi connectivity index (χ4n) is 2.05. The van der Waals surface area contributed by atoms with Crippen LogP contribution in [0.5, 0.6) is 0 Å². The molecule has 120 valence electrons. The van der Waals surface area contributed by atoms with Crippen molar-refractivity contribution in [3.05, 3.63) is 29.8 Å². The molecule has 4 nitrogen and oxygen atoms in total. The van der Waals surface area contributed by atoms with Crippen LogP contribution in [0.25, 0.3) is 0 Å². The van der Waals surface area contributed by atoms with E-state index in [9.17, 15) is 21.6 Å². The third kappa shape index (κ3) is 4.84. The van der Waals surface area contributed by atoms with Gasteiger partial charge in [-0.1, -0.05) is 0 Å². The Hall–Kier alpha value is -0.830. The second kappa shape index (κ2) is 6.95. The lowest BCUT2D eigenvalue weighted by molar-refractivity contribution is -0.137. The van der Waals surface area contributed by atoms with Gasteiger partial charge in [-0.2, -0.15) is 13.2 Å². The maximum Gasteiger partial charge on any atom is 0.416 e. The van der Waals surface area contributed by atoms with Crippen LogP contribution in [0.2, 0.25) is 0 Å². The molecule has 0 unspecified atom stereocenters. The number of hydrogen-bond donors (Lipinski definition) is 2. The van der Waals surface area contributed by atoms with Crippen LogP contribution in [0.1, 0.15) is 18.4 Å². The van der Waals surface area contributed by atoms with E-state index in [1.54, 1.807) is 0 Å². The Labute approximate surface area is 127 Å².